The second-order valence-corrected chi connectivity index (χ2v) is 6.07. The van der Waals surface area contributed by atoms with Crippen molar-refractivity contribution in [1.29, 1.82) is 0 Å². The first-order valence-corrected chi connectivity index (χ1v) is 7.50. The van der Waals surface area contributed by atoms with Gasteiger partial charge in [-0.3, -0.25) is 4.68 Å². The largest absolute Gasteiger partial charge is 0.379 e. The number of benzene rings is 1. The van der Waals surface area contributed by atoms with Crippen molar-refractivity contribution in [3.8, 4) is 0 Å². The molecule has 4 aromatic rings. The monoisotopic (exact) mass is 327 g/mol. The van der Waals surface area contributed by atoms with Crippen molar-refractivity contribution in [2.75, 3.05) is 0 Å². The first-order chi connectivity index (χ1) is 11.0. The van der Waals surface area contributed by atoms with Gasteiger partial charge >= 0.3 is 0 Å². The number of hydrogen-bond acceptors (Lipinski definition) is 4. The van der Waals surface area contributed by atoms with Gasteiger partial charge in [-0.2, -0.15) is 10.2 Å². The lowest BCUT2D eigenvalue weighted by atomic mass is 9.92. The number of aliphatic hydroxyl groups is 1. The van der Waals surface area contributed by atoms with E-state index in [4.69, 9.17) is 11.6 Å². The summed E-state index contributed by atoms with van der Waals surface area (Å²) < 4.78 is 3.36. The summed E-state index contributed by atoms with van der Waals surface area (Å²) in [7, 11) is 1.89. The third-order valence-corrected chi connectivity index (χ3v) is 4.34. The van der Waals surface area contributed by atoms with E-state index >= 15 is 0 Å². The van der Waals surface area contributed by atoms with Crippen molar-refractivity contribution in [2.24, 2.45) is 7.05 Å². The smallest absolute Gasteiger partial charge is 0.154 e. The van der Waals surface area contributed by atoms with Gasteiger partial charge in [0.15, 0.2) is 5.65 Å². The highest BCUT2D eigenvalue weighted by Crippen LogP contribution is 2.31. The number of aryl methyl sites for hydroxylation is 1. The Morgan fingerprint density at radius 1 is 1.17 bits per heavy atom. The molecule has 0 aliphatic carbocycles. The molecule has 0 saturated carbocycles. The molecule has 7 heteroatoms. The number of hydrogen-bond donors (Lipinski definition) is 1. The Bertz CT molecular complexity index is 1030. The zero-order valence-corrected chi connectivity index (χ0v) is 13.4. The summed E-state index contributed by atoms with van der Waals surface area (Å²) in [6, 6.07) is 9.18. The summed E-state index contributed by atoms with van der Waals surface area (Å²) in [6.07, 6.45) is 3.39. The van der Waals surface area contributed by atoms with Gasteiger partial charge in [0.25, 0.3) is 0 Å². The number of rotatable bonds is 2. The van der Waals surface area contributed by atoms with Crippen LogP contribution in [0.4, 0.5) is 0 Å². The maximum absolute atomic E-state index is 11.1. The molecule has 1 unspecified atom stereocenters. The maximum atomic E-state index is 11.1. The standard InChI is InChI=1S/C16H14ClN5O/c1-16(23,11-3-4-12-10(7-11)8-19-21(12)2)13-9-18-15-6-5-14(17)20-22(13)15/h3-9,23H,1-2H3. The fourth-order valence-corrected chi connectivity index (χ4v) is 2.94. The Morgan fingerprint density at radius 3 is 2.83 bits per heavy atom. The van der Waals surface area contributed by atoms with Gasteiger partial charge < -0.3 is 5.11 Å². The molecule has 0 saturated heterocycles. The molecule has 0 spiro atoms. The van der Waals surface area contributed by atoms with E-state index in [1.165, 1.54) is 0 Å². The molecule has 4 rings (SSSR count). The predicted molar refractivity (Wildman–Crippen MR) is 87.4 cm³/mol. The van der Waals surface area contributed by atoms with Crippen molar-refractivity contribution >= 4 is 28.2 Å². The van der Waals surface area contributed by atoms with E-state index in [-0.39, 0.29) is 0 Å². The maximum Gasteiger partial charge on any atom is 0.154 e. The molecule has 3 aromatic heterocycles. The molecule has 6 nitrogen and oxygen atoms in total. The summed E-state index contributed by atoms with van der Waals surface area (Å²) in [5, 5.41) is 20.9. The summed E-state index contributed by atoms with van der Waals surface area (Å²) in [5.41, 5.74) is 1.66. The Balaban J connectivity index is 1.91. The number of imidazole rings is 1. The summed E-state index contributed by atoms with van der Waals surface area (Å²) in [4.78, 5) is 4.28. The molecule has 0 radical (unpaired) electrons. The molecule has 1 aromatic carbocycles. The van der Waals surface area contributed by atoms with Crippen LogP contribution < -0.4 is 0 Å². The molecule has 23 heavy (non-hydrogen) atoms. The molecular formula is C16H14ClN5O. The Morgan fingerprint density at radius 2 is 2.00 bits per heavy atom. The average Bonchev–Trinajstić information content (AvgIpc) is 3.11. The highest BCUT2D eigenvalue weighted by Gasteiger charge is 2.30. The van der Waals surface area contributed by atoms with Crippen LogP contribution in [0, 0.1) is 0 Å². The minimum absolute atomic E-state index is 0.343. The molecule has 0 bridgehead atoms. The first kappa shape index (κ1) is 14.2. The highest BCUT2D eigenvalue weighted by molar-refractivity contribution is 6.29. The molecule has 1 atom stereocenters. The third kappa shape index (κ3) is 2.10. The van der Waals surface area contributed by atoms with Crippen molar-refractivity contribution in [3.63, 3.8) is 0 Å². The van der Waals surface area contributed by atoms with E-state index in [1.807, 2.05) is 25.2 Å². The predicted octanol–water partition coefficient (Wildman–Crippen LogP) is 2.53. The van der Waals surface area contributed by atoms with E-state index < -0.39 is 5.60 Å². The molecule has 3 heterocycles. The SMILES string of the molecule is Cn1ncc2cc(C(C)(O)c3cnc4ccc(Cl)nn34)ccc21. The fraction of sp³-hybridized carbons (Fsp3) is 0.188. The van der Waals surface area contributed by atoms with Crippen molar-refractivity contribution in [1.82, 2.24) is 24.4 Å². The fourth-order valence-electron chi connectivity index (χ4n) is 2.80. The van der Waals surface area contributed by atoms with Gasteiger partial charge in [-0.25, -0.2) is 9.50 Å². The Kier molecular flexibility index (Phi) is 2.94. The van der Waals surface area contributed by atoms with Crippen LogP contribution in [0.2, 0.25) is 5.15 Å². The van der Waals surface area contributed by atoms with Gasteiger partial charge in [-0.1, -0.05) is 17.7 Å². The first-order valence-electron chi connectivity index (χ1n) is 7.12. The molecule has 0 aliphatic heterocycles. The zero-order valence-electron chi connectivity index (χ0n) is 12.6. The number of halogens is 1. The lowest BCUT2D eigenvalue weighted by molar-refractivity contribution is 0.0954. The number of nitrogens with zero attached hydrogens (tertiary/aromatic N) is 5. The summed E-state index contributed by atoms with van der Waals surface area (Å²) >= 11 is 5.97. The van der Waals surface area contributed by atoms with Crippen LogP contribution in [0.3, 0.4) is 0 Å². The van der Waals surface area contributed by atoms with Crippen molar-refractivity contribution < 1.29 is 5.11 Å². The van der Waals surface area contributed by atoms with E-state index in [0.717, 1.165) is 16.5 Å². The molecule has 116 valence electrons. The highest BCUT2D eigenvalue weighted by atomic mass is 35.5. The van der Waals surface area contributed by atoms with Crippen LogP contribution in [0.25, 0.3) is 16.6 Å². The van der Waals surface area contributed by atoms with Crippen LogP contribution >= 0.6 is 11.6 Å². The van der Waals surface area contributed by atoms with Crippen LogP contribution in [-0.4, -0.2) is 29.5 Å². The summed E-state index contributed by atoms with van der Waals surface area (Å²) in [6.45, 7) is 1.72. The second-order valence-electron chi connectivity index (χ2n) is 5.68. The van der Waals surface area contributed by atoms with Crippen LogP contribution in [0.5, 0.6) is 0 Å². The lowest BCUT2D eigenvalue weighted by Gasteiger charge is -2.23. The lowest BCUT2D eigenvalue weighted by Crippen LogP contribution is -2.25. The quantitative estimate of drug-likeness (QED) is 0.614. The summed E-state index contributed by atoms with van der Waals surface area (Å²) in [5.74, 6) is 0. The van der Waals surface area contributed by atoms with Gasteiger partial charge in [0.05, 0.1) is 23.6 Å². The molecule has 1 N–H and O–H groups in total. The number of aromatic nitrogens is 5. The topological polar surface area (TPSA) is 68.2 Å². The minimum Gasteiger partial charge on any atom is -0.379 e. The van der Waals surface area contributed by atoms with E-state index in [0.29, 0.717) is 16.5 Å². The molecule has 0 fully saturated rings. The third-order valence-electron chi connectivity index (χ3n) is 4.14. The van der Waals surface area contributed by atoms with Crippen LogP contribution in [0.1, 0.15) is 18.2 Å². The van der Waals surface area contributed by atoms with Gasteiger partial charge in [0, 0.05) is 12.4 Å². The van der Waals surface area contributed by atoms with Gasteiger partial charge in [-0.05, 0) is 36.8 Å². The van der Waals surface area contributed by atoms with Crippen LogP contribution in [0.15, 0.2) is 42.7 Å². The average molecular weight is 328 g/mol. The van der Waals surface area contributed by atoms with Crippen molar-refractivity contribution in [2.45, 2.75) is 12.5 Å². The second kappa shape index (κ2) is 4.78. The van der Waals surface area contributed by atoms with Gasteiger partial charge in [0.1, 0.15) is 10.8 Å². The van der Waals surface area contributed by atoms with E-state index in [2.05, 4.69) is 15.2 Å². The zero-order chi connectivity index (χ0) is 16.2. The number of fused-ring (bicyclic) bond motifs is 2. The molecular weight excluding hydrogens is 314 g/mol. The van der Waals surface area contributed by atoms with E-state index in [9.17, 15) is 5.11 Å². The van der Waals surface area contributed by atoms with Crippen molar-refractivity contribution in [3.05, 3.63) is 59.1 Å². The normalized spacial score (nSPS) is 14.4. The Hall–Kier alpha value is -2.44. The van der Waals surface area contributed by atoms with Gasteiger partial charge in [0.2, 0.25) is 0 Å². The van der Waals surface area contributed by atoms with Crippen LogP contribution in [-0.2, 0) is 12.6 Å². The minimum atomic E-state index is -1.26. The van der Waals surface area contributed by atoms with Gasteiger partial charge in [-0.15, -0.1) is 0 Å². The molecule has 0 aliphatic rings. The Labute approximate surface area is 136 Å². The molecule has 0 amide bonds. The van der Waals surface area contributed by atoms with E-state index in [1.54, 1.807) is 40.6 Å².